The summed E-state index contributed by atoms with van der Waals surface area (Å²) in [4.78, 5) is 11.8. The van der Waals surface area contributed by atoms with E-state index < -0.39 is 5.82 Å². The number of hydrogen-bond donors (Lipinski definition) is 1. The number of nitrogens with zero attached hydrogens (tertiary/aromatic N) is 4. The van der Waals surface area contributed by atoms with Crippen LogP contribution in [0.1, 0.15) is 6.92 Å². The van der Waals surface area contributed by atoms with Crippen molar-refractivity contribution in [2.24, 2.45) is 0 Å². The van der Waals surface area contributed by atoms with Crippen molar-refractivity contribution < 1.29 is 4.39 Å². The molecule has 0 fully saturated rings. The lowest BCUT2D eigenvalue weighted by Crippen LogP contribution is -2.03. The minimum Gasteiger partial charge on any atom is -0.354 e. The van der Waals surface area contributed by atoms with Crippen LogP contribution in [-0.2, 0) is 0 Å². The van der Waals surface area contributed by atoms with E-state index in [1.807, 2.05) is 6.92 Å². The highest BCUT2D eigenvalue weighted by Crippen LogP contribution is 2.28. The molecule has 0 aliphatic heterocycles. The van der Waals surface area contributed by atoms with Gasteiger partial charge >= 0.3 is 0 Å². The highest BCUT2D eigenvalue weighted by Gasteiger charge is 2.10. The molecule has 1 N–H and O–H groups in total. The van der Waals surface area contributed by atoms with Crippen LogP contribution in [0.5, 0.6) is 0 Å². The largest absolute Gasteiger partial charge is 0.354 e. The summed E-state index contributed by atoms with van der Waals surface area (Å²) in [5.74, 6) is -0.0437. The summed E-state index contributed by atoms with van der Waals surface area (Å²) in [7, 11) is 0. The second kappa shape index (κ2) is 5.17. The van der Waals surface area contributed by atoms with Gasteiger partial charge in [-0.3, -0.25) is 0 Å². The van der Waals surface area contributed by atoms with E-state index in [1.165, 1.54) is 17.9 Å². The molecule has 0 radical (unpaired) electrons. The molecule has 0 aliphatic carbocycles. The number of halogens is 1. The first-order valence-electron chi connectivity index (χ1n) is 4.50. The Balaban J connectivity index is 2.21. The average molecular weight is 257 g/mol. The second-order valence-corrected chi connectivity index (χ2v) is 4.70. The van der Waals surface area contributed by atoms with Crippen molar-refractivity contribution in [2.75, 3.05) is 11.9 Å². The van der Waals surface area contributed by atoms with Crippen molar-refractivity contribution in [3.8, 4) is 0 Å². The van der Waals surface area contributed by atoms with Gasteiger partial charge in [0.15, 0.2) is 10.2 Å². The summed E-state index contributed by atoms with van der Waals surface area (Å²) >= 11 is 2.34. The second-order valence-electron chi connectivity index (χ2n) is 2.69. The molecule has 84 valence electrons. The van der Waals surface area contributed by atoms with Crippen LogP contribution in [0.3, 0.4) is 0 Å². The van der Waals surface area contributed by atoms with Gasteiger partial charge in [-0.2, -0.15) is 4.37 Å². The van der Waals surface area contributed by atoms with Gasteiger partial charge in [0, 0.05) is 6.54 Å². The third kappa shape index (κ3) is 2.64. The Bertz CT molecular complexity index is 461. The molecule has 0 unspecified atom stereocenters. The van der Waals surface area contributed by atoms with Gasteiger partial charge in [0.05, 0.1) is 6.20 Å². The summed E-state index contributed by atoms with van der Waals surface area (Å²) in [6, 6.07) is 0. The molecular weight excluding hydrogens is 249 g/mol. The lowest BCUT2D eigenvalue weighted by Gasteiger charge is -2.03. The Hall–Kier alpha value is -1.28. The van der Waals surface area contributed by atoms with Gasteiger partial charge in [-0.05, 0) is 30.2 Å². The number of nitrogens with one attached hydrogen (secondary N) is 1. The fraction of sp³-hybridized carbons (Fsp3) is 0.250. The molecule has 0 aromatic carbocycles. The van der Waals surface area contributed by atoms with Crippen LogP contribution in [0.2, 0.25) is 0 Å². The monoisotopic (exact) mass is 257 g/mol. The number of hydrogen-bond acceptors (Lipinski definition) is 7. The summed E-state index contributed by atoms with van der Waals surface area (Å²) in [5, 5.41) is 3.17. The quantitative estimate of drug-likeness (QED) is 0.846. The lowest BCUT2D eigenvalue weighted by atomic mass is 10.6. The van der Waals surface area contributed by atoms with Crippen LogP contribution < -0.4 is 5.32 Å². The zero-order valence-corrected chi connectivity index (χ0v) is 9.98. The van der Waals surface area contributed by atoms with Crippen molar-refractivity contribution in [1.82, 2.24) is 19.3 Å². The van der Waals surface area contributed by atoms with Crippen molar-refractivity contribution in [1.29, 1.82) is 0 Å². The van der Waals surface area contributed by atoms with Gasteiger partial charge in [-0.25, -0.2) is 19.3 Å². The highest BCUT2D eigenvalue weighted by molar-refractivity contribution is 8.00. The van der Waals surface area contributed by atoms with Crippen LogP contribution in [0.25, 0.3) is 0 Å². The van der Waals surface area contributed by atoms with Crippen molar-refractivity contribution in [3.63, 3.8) is 0 Å². The van der Waals surface area contributed by atoms with Crippen molar-refractivity contribution in [2.45, 2.75) is 16.3 Å². The highest BCUT2D eigenvalue weighted by atomic mass is 32.2. The Morgan fingerprint density at radius 3 is 3.06 bits per heavy atom. The van der Waals surface area contributed by atoms with E-state index in [2.05, 4.69) is 24.6 Å². The Labute approximate surface area is 99.7 Å². The van der Waals surface area contributed by atoms with Gasteiger partial charge < -0.3 is 5.32 Å². The van der Waals surface area contributed by atoms with E-state index in [9.17, 15) is 4.39 Å². The topological polar surface area (TPSA) is 63.6 Å². The molecule has 0 saturated heterocycles. The maximum absolute atomic E-state index is 13.4. The summed E-state index contributed by atoms with van der Waals surface area (Å²) in [6.07, 6.45) is 2.58. The Kier molecular flexibility index (Phi) is 3.62. The molecule has 0 aliphatic rings. The minimum absolute atomic E-state index is 0.253. The number of anilines is 1. The molecule has 16 heavy (non-hydrogen) atoms. The first-order chi connectivity index (χ1) is 7.79. The molecule has 0 spiro atoms. The van der Waals surface area contributed by atoms with Crippen molar-refractivity contribution >= 4 is 29.2 Å². The van der Waals surface area contributed by atoms with E-state index in [-0.39, 0.29) is 5.03 Å². The van der Waals surface area contributed by atoms with E-state index >= 15 is 0 Å². The van der Waals surface area contributed by atoms with Crippen LogP contribution in [0.4, 0.5) is 10.3 Å². The Morgan fingerprint density at radius 1 is 1.50 bits per heavy atom. The average Bonchev–Trinajstić information content (AvgIpc) is 2.76. The number of aromatic nitrogens is 4. The molecule has 2 rings (SSSR count). The zero-order chi connectivity index (χ0) is 11.4. The maximum atomic E-state index is 13.4. The molecule has 0 bridgehead atoms. The predicted molar refractivity (Wildman–Crippen MR) is 60.2 cm³/mol. The standard InChI is InChI=1S/C8H8FN5S2/c1-2-10-7-11-3-5(9)6(14-7)15-8-12-4-13-16-8/h3-4H,2H2,1H3,(H,10,11,14). The molecule has 0 atom stereocenters. The van der Waals surface area contributed by atoms with Crippen LogP contribution >= 0.6 is 23.3 Å². The van der Waals surface area contributed by atoms with Crippen LogP contribution in [0, 0.1) is 5.82 Å². The van der Waals surface area contributed by atoms with E-state index in [0.29, 0.717) is 16.8 Å². The molecule has 2 aromatic heterocycles. The minimum atomic E-state index is -0.457. The predicted octanol–water partition coefficient (Wildman–Crippen LogP) is 2.05. The first kappa shape index (κ1) is 11.2. The van der Waals surface area contributed by atoms with Gasteiger partial charge in [0.1, 0.15) is 11.4 Å². The van der Waals surface area contributed by atoms with Crippen LogP contribution in [0.15, 0.2) is 21.9 Å². The third-order valence-electron chi connectivity index (χ3n) is 1.57. The molecular formula is C8H8FN5S2. The zero-order valence-electron chi connectivity index (χ0n) is 8.35. The van der Waals surface area contributed by atoms with E-state index in [4.69, 9.17) is 0 Å². The lowest BCUT2D eigenvalue weighted by molar-refractivity contribution is 0.580. The normalized spacial score (nSPS) is 10.4. The van der Waals surface area contributed by atoms with Gasteiger partial charge in [-0.1, -0.05) is 0 Å². The van der Waals surface area contributed by atoms with Crippen LogP contribution in [-0.4, -0.2) is 25.9 Å². The first-order valence-corrected chi connectivity index (χ1v) is 6.09. The summed E-state index contributed by atoms with van der Waals surface area (Å²) < 4.78 is 17.9. The Morgan fingerprint density at radius 2 is 2.38 bits per heavy atom. The van der Waals surface area contributed by atoms with E-state index in [0.717, 1.165) is 18.0 Å². The summed E-state index contributed by atoms with van der Waals surface area (Å²) in [5.41, 5.74) is 0. The third-order valence-corrected chi connectivity index (χ3v) is 3.27. The van der Waals surface area contributed by atoms with E-state index in [1.54, 1.807) is 0 Å². The van der Waals surface area contributed by atoms with Gasteiger partial charge in [0.2, 0.25) is 5.95 Å². The molecule has 0 amide bonds. The van der Waals surface area contributed by atoms with Gasteiger partial charge in [-0.15, -0.1) is 0 Å². The SMILES string of the molecule is CCNc1ncc(F)c(Sc2ncns2)n1. The smallest absolute Gasteiger partial charge is 0.223 e. The number of rotatable bonds is 4. The molecule has 5 nitrogen and oxygen atoms in total. The fourth-order valence-corrected chi connectivity index (χ4v) is 2.30. The fourth-order valence-electron chi connectivity index (χ4n) is 0.957. The molecule has 0 saturated carbocycles. The maximum Gasteiger partial charge on any atom is 0.223 e. The van der Waals surface area contributed by atoms with Gasteiger partial charge in [0.25, 0.3) is 0 Å². The molecule has 2 aromatic rings. The summed E-state index contributed by atoms with van der Waals surface area (Å²) in [6.45, 7) is 2.61. The molecule has 2 heterocycles. The van der Waals surface area contributed by atoms with Crippen molar-refractivity contribution in [3.05, 3.63) is 18.3 Å². The molecule has 8 heteroatoms.